The van der Waals surface area contributed by atoms with Crippen LogP contribution in [0.2, 0.25) is 0 Å². The highest BCUT2D eigenvalue weighted by Gasteiger charge is 2.24. The molecule has 4 heteroatoms. The Labute approximate surface area is 114 Å². The molecule has 19 heavy (non-hydrogen) atoms. The highest BCUT2D eigenvalue weighted by molar-refractivity contribution is 6.00. The summed E-state index contributed by atoms with van der Waals surface area (Å²) in [5.74, 6) is 1.34. The van der Waals surface area contributed by atoms with E-state index >= 15 is 0 Å². The number of nitrogens with zero attached hydrogens (tertiary/aromatic N) is 1. The van der Waals surface area contributed by atoms with Gasteiger partial charge in [0.2, 0.25) is 0 Å². The van der Waals surface area contributed by atoms with Crippen molar-refractivity contribution < 1.29 is 9.53 Å². The topological polar surface area (TPSA) is 55.6 Å². The number of amides is 1. The first-order valence-electron chi connectivity index (χ1n) is 6.89. The molecule has 0 saturated carbocycles. The zero-order valence-corrected chi connectivity index (χ0v) is 11.7. The van der Waals surface area contributed by atoms with E-state index in [1.807, 2.05) is 4.90 Å². The minimum Gasteiger partial charge on any atom is -0.495 e. The van der Waals surface area contributed by atoms with E-state index in [4.69, 9.17) is 10.5 Å². The molecular weight excluding hydrogens is 240 g/mol. The van der Waals surface area contributed by atoms with E-state index in [9.17, 15) is 4.79 Å². The predicted octanol–water partition coefficient (Wildman–Crippen LogP) is 2.54. The van der Waals surface area contributed by atoms with E-state index in [0.29, 0.717) is 17.0 Å². The van der Waals surface area contributed by atoms with Crippen LogP contribution < -0.4 is 10.5 Å². The molecule has 1 aromatic rings. The molecule has 0 radical (unpaired) electrons. The van der Waals surface area contributed by atoms with Gasteiger partial charge in [0.25, 0.3) is 5.91 Å². The summed E-state index contributed by atoms with van der Waals surface area (Å²) >= 11 is 0. The van der Waals surface area contributed by atoms with Gasteiger partial charge in [0.15, 0.2) is 0 Å². The van der Waals surface area contributed by atoms with E-state index in [2.05, 4.69) is 6.92 Å². The number of nitrogens with two attached hydrogens (primary N) is 1. The van der Waals surface area contributed by atoms with Gasteiger partial charge in [-0.15, -0.1) is 0 Å². The number of ether oxygens (including phenoxy) is 1. The zero-order chi connectivity index (χ0) is 13.8. The first kappa shape index (κ1) is 13.7. The van der Waals surface area contributed by atoms with Crippen LogP contribution >= 0.6 is 0 Å². The third-order valence-corrected chi connectivity index (χ3v) is 4.00. The summed E-state index contributed by atoms with van der Waals surface area (Å²) in [7, 11) is 1.56. The summed E-state index contributed by atoms with van der Waals surface area (Å²) in [5, 5.41) is 0. The highest BCUT2D eigenvalue weighted by atomic mass is 16.5. The number of methoxy groups -OCH3 is 1. The van der Waals surface area contributed by atoms with Gasteiger partial charge >= 0.3 is 0 Å². The molecule has 1 saturated heterocycles. The number of piperidine rings is 1. The Hall–Kier alpha value is -1.71. The van der Waals surface area contributed by atoms with Gasteiger partial charge in [-0.3, -0.25) is 4.79 Å². The van der Waals surface area contributed by atoms with Crippen molar-refractivity contribution in [3.63, 3.8) is 0 Å². The molecule has 1 aliphatic rings. The maximum Gasteiger partial charge on any atom is 0.256 e. The molecule has 0 bridgehead atoms. The van der Waals surface area contributed by atoms with Crippen LogP contribution in [0, 0.1) is 5.92 Å². The number of nitrogen functional groups attached to an aromatic ring is 1. The smallest absolute Gasteiger partial charge is 0.256 e. The number of rotatable bonds is 3. The Morgan fingerprint density at radius 2 is 2.11 bits per heavy atom. The third-order valence-electron chi connectivity index (χ3n) is 4.00. The Kier molecular flexibility index (Phi) is 4.30. The van der Waals surface area contributed by atoms with E-state index in [-0.39, 0.29) is 5.91 Å². The number of anilines is 1. The molecule has 4 nitrogen and oxygen atoms in total. The molecule has 1 heterocycles. The highest BCUT2D eigenvalue weighted by Crippen LogP contribution is 2.27. The van der Waals surface area contributed by atoms with Crippen LogP contribution in [0.4, 0.5) is 5.69 Å². The van der Waals surface area contributed by atoms with Crippen molar-refractivity contribution in [2.45, 2.75) is 26.2 Å². The minimum atomic E-state index is 0.0194. The second-order valence-corrected chi connectivity index (χ2v) is 5.07. The van der Waals surface area contributed by atoms with Gasteiger partial charge in [-0.25, -0.2) is 0 Å². The molecule has 1 aromatic carbocycles. The summed E-state index contributed by atoms with van der Waals surface area (Å²) < 4.78 is 5.16. The van der Waals surface area contributed by atoms with Gasteiger partial charge in [-0.2, -0.15) is 0 Å². The van der Waals surface area contributed by atoms with E-state index in [0.717, 1.165) is 31.8 Å². The van der Waals surface area contributed by atoms with Crippen molar-refractivity contribution in [1.29, 1.82) is 0 Å². The van der Waals surface area contributed by atoms with Crippen LogP contribution in [0.25, 0.3) is 0 Å². The summed E-state index contributed by atoms with van der Waals surface area (Å²) in [6.07, 6.45) is 3.38. The van der Waals surface area contributed by atoms with E-state index in [1.54, 1.807) is 25.3 Å². The minimum absolute atomic E-state index is 0.0194. The summed E-state index contributed by atoms with van der Waals surface area (Å²) in [4.78, 5) is 14.4. The average Bonchev–Trinajstić information content (AvgIpc) is 2.47. The molecule has 2 N–H and O–H groups in total. The van der Waals surface area contributed by atoms with Crippen LogP contribution in [0.1, 0.15) is 36.5 Å². The fraction of sp³-hybridized carbons (Fsp3) is 0.533. The Bertz CT molecular complexity index is 451. The fourth-order valence-electron chi connectivity index (χ4n) is 2.62. The van der Waals surface area contributed by atoms with Gasteiger partial charge in [-0.1, -0.05) is 19.4 Å². The molecule has 1 aliphatic heterocycles. The van der Waals surface area contributed by atoms with Gasteiger partial charge in [0.05, 0.1) is 18.4 Å². The normalized spacial score (nSPS) is 16.4. The Balaban J connectivity index is 2.12. The first-order valence-corrected chi connectivity index (χ1v) is 6.89. The quantitative estimate of drug-likeness (QED) is 0.852. The van der Waals surface area contributed by atoms with Crippen LogP contribution in [-0.4, -0.2) is 31.0 Å². The van der Waals surface area contributed by atoms with Crippen molar-refractivity contribution >= 4 is 11.6 Å². The summed E-state index contributed by atoms with van der Waals surface area (Å²) in [6.45, 7) is 3.87. The average molecular weight is 262 g/mol. The lowest BCUT2D eigenvalue weighted by Gasteiger charge is -2.31. The Morgan fingerprint density at radius 3 is 2.68 bits per heavy atom. The number of likely N-dealkylation sites (tertiary alicyclic amines) is 1. The summed E-state index contributed by atoms with van der Waals surface area (Å²) in [6, 6.07) is 5.35. The largest absolute Gasteiger partial charge is 0.495 e. The van der Waals surface area contributed by atoms with Crippen LogP contribution in [0.5, 0.6) is 5.75 Å². The van der Waals surface area contributed by atoms with E-state index in [1.165, 1.54) is 6.42 Å². The second kappa shape index (κ2) is 5.95. The number of para-hydroxylation sites is 1. The molecule has 1 amide bonds. The fourth-order valence-corrected chi connectivity index (χ4v) is 2.62. The van der Waals surface area contributed by atoms with Crippen molar-refractivity contribution in [3.05, 3.63) is 23.8 Å². The lowest BCUT2D eigenvalue weighted by atomic mass is 9.94. The zero-order valence-electron chi connectivity index (χ0n) is 11.7. The predicted molar refractivity (Wildman–Crippen MR) is 76.3 cm³/mol. The number of benzene rings is 1. The van der Waals surface area contributed by atoms with Crippen molar-refractivity contribution in [1.82, 2.24) is 4.90 Å². The monoisotopic (exact) mass is 262 g/mol. The van der Waals surface area contributed by atoms with Crippen molar-refractivity contribution in [2.75, 3.05) is 25.9 Å². The lowest BCUT2D eigenvalue weighted by molar-refractivity contribution is 0.0689. The van der Waals surface area contributed by atoms with Crippen LogP contribution in [0.15, 0.2) is 18.2 Å². The van der Waals surface area contributed by atoms with Crippen LogP contribution in [-0.2, 0) is 0 Å². The van der Waals surface area contributed by atoms with Gasteiger partial charge in [-0.05, 0) is 30.9 Å². The van der Waals surface area contributed by atoms with Gasteiger partial charge in [0.1, 0.15) is 5.75 Å². The van der Waals surface area contributed by atoms with Crippen molar-refractivity contribution in [2.24, 2.45) is 5.92 Å². The van der Waals surface area contributed by atoms with Gasteiger partial charge < -0.3 is 15.4 Å². The maximum absolute atomic E-state index is 12.5. The molecule has 2 rings (SSSR count). The molecule has 0 aliphatic carbocycles. The number of hydrogen-bond acceptors (Lipinski definition) is 3. The van der Waals surface area contributed by atoms with Crippen LogP contribution in [0.3, 0.4) is 0 Å². The SMILES string of the molecule is CCC1CCN(C(=O)c2cccc(OC)c2N)CC1. The molecular formula is C15H22N2O2. The van der Waals surface area contributed by atoms with Crippen molar-refractivity contribution in [3.8, 4) is 5.75 Å². The molecule has 0 aromatic heterocycles. The maximum atomic E-state index is 12.5. The third kappa shape index (κ3) is 2.83. The number of hydrogen-bond donors (Lipinski definition) is 1. The molecule has 104 valence electrons. The molecule has 0 unspecified atom stereocenters. The number of carbonyl (C=O) groups is 1. The Morgan fingerprint density at radius 1 is 1.42 bits per heavy atom. The van der Waals surface area contributed by atoms with E-state index < -0.39 is 0 Å². The summed E-state index contributed by atoms with van der Waals surface area (Å²) in [5.41, 5.74) is 6.97. The molecule has 1 fully saturated rings. The lowest BCUT2D eigenvalue weighted by Crippen LogP contribution is -2.38. The molecule has 0 atom stereocenters. The first-order chi connectivity index (χ1) is 9.17. The standard InChI is InChI=1S/C15H22N2O2/c1-3-11-7-9-17(10-8-11)15(18)12-5-4-6-13(19-2)14(12)16/h4-6,11H,3,7-10,16H2,1-2H3. The number of carbonyl (C=O) groups excluding carboxylic acids is 1. The second-order valence-electron chi connectivity index (χ2n) is 5.07. The van der Waals surface area contributed by atoms with Gasteiger partial charge in [0, 0.05) is 13.1 Å². The molecule has 0 spiro atoms.